The molecule has 0 bridgehead atoms. The molecule has 0 heterocycles. The van der Waals surface area contributed by atoms with Crippen LogP contribution in [0.5, 0.6) is 5.75 Å². The van der Waals surface area contributed by atoms with Crippen LogP contribution in [0.4, 0.5) is 13.2 Å². The lowest BCUT2D eigenvalue weighted by molar-refractivity contribution is -0.138. The molecule has 1 saturated carbocycles. The Balaban J connectivity index is 1.61. The topological polar surface area (TPSA) is 49.9 Å². The van der Waals surface area contributed by atoms with Crippen molar-refractivity contribution in [1.82, 2.24) is 9.21 Å². The summed E-state index contributed by atoms with van der Waals surface area (Å²) in [5.41, 5.74) is -0.343. The van der Waals surface area contributed by atoms with Gasteiger partial charge in [-0.2, -0.15) is 13.2 Å². The third-order valence-corrected chi connectivity index (χ3v) is 6.84. The van der Waals surface area contributed by atoms with Crippen molar-refractivity contribution in [2.75, 3.05) is 27.2 Å². The molecule has 2 aromatic carbocycles. The summed E-state index contributed by atoms with van der Waals surface area (Å²) in [6.45, 7) is 0.989. The van der Waals surface area contributed by atoms with Crippen molar-refractivity contribution in [3.8, 4) is 5.75 Å². The van der Waals surface area contributed by atoms with Gasteiger partial charge in [0.15, 0.2) is 0 Å². The van der Waals surface area contributed by atoms with E-state index < -0.39 is 21.8 Å². The van der Waals surface area contributed by atoms with Gasteiger partial charge >= 0.3 is 6.18 Å². The van der Waals surface area contributed by atoms with Gasteiger partial charge in [-0.05, 0) is 48.7 Å². The monoisotopic (exact) mass is 442 g/mol. The summed E-state index contributed by atoms with van der Waals surface area (Å²) in [6.07, 6.45) is -2.45. The standard InChI is InChI=1S/C21H25F3N2O3S/c1-25(2)30(27,28)19-11-9-18(10-12-19)29-14-13-26(17-7-8-17)15-16-5-3-4-6-20(16)21(22,23)24/h3-6,9-12,17H,7-8,13-15H2,1-2H3. The molecule has 1 fully saturated rings. The number of nitrogens with zero attached hydrogens (tertiary/aromatic N) is 2. The first-order chi connectivity index (χ1) is 14.1. The second-order valence-corrected chi connectivity index (χ2v) is 9.62. The van der Waals surface area contributed by atoms with Crippen LogP contribution in [-0.4, -0.2) is 50.9 Å². The zero-order valence-electron chi connectivity index (χ0n) is 16.9. The molecule has 3 rings (SSSR count). The Morgan fingerprint density at radius 1 is 1.03 bits per heavy atom. The highest BCUT2D eigenvalue weighted by Gasteiger charge is 2.35. The maximum absolute atomic E-state index is 13.3. The molecule has 0 spiro atoms. The number of halogens is 3. The average molecular weight is 443 g/mol. The SMILES string of the molecule is CN(C)S(=O)(=O)c1ccc(OCCN(Cc2ccccc2C(F)(F)F)C2CC2)cc1. The van der Waals surface area contributed by atoms with E-state index in [0.717, 1.165) is 23.2 Å². The molecule has 30 heavy (non-hydrogen) atoms. The lowest BCUT2D eigenvalue weighted by Crippen LogP contribution is -2.31. The van der Waals surface area contributed by atoms with Gasteiger partial charge in [-0.3, -0.25) is 4.90 Å². The number of alkyl halides is 3. The fraction of sp³-hybridized carbons (Fsp3) is 0.429. The van der Waals surface area contributed by atoms with Gasteiger partial charge < -0.3 is 4.74 Å². The van der Waals surface area contributed by atoms with E-state index in [0.29, 0.717) is 18.9 Å². The van der Waals surface area contributed by atoms with Gasteiger partial charge in [0.25, 0.3) is 0 Å². The number of benzene rings is 2. The van der Waals surface area contributed by atoms with Crippen LogP contribution in [0.25, 0.3) is 0 Å². The normalized spacial score (nSPS) is 15.0. The van der Waals surface area contributed by atoms with Crippen LogP contribution >= 0.6 is 0 Å². The Hall–Kier alpha value is -2.10. The van der Waals surface area contributed by atoms with Gasteiger partial charge in [-0.1, -0.05) is 18.2 Å². The smallest absolute Gasteiger partial charge is 0.416 e. The predicted molar refractivity (Wildman–Crippen MR) is 108 cm³/mol. The van der Waals surface area contributed by atoms with Crippen LogP contribution in [0.3, 0.4) is 0 Å². The zero-order chi connectivity index (χ0) is 21.9. The average Bonchev–Trinajstić information content (AvgIpc) is 3.52. The summed E-state index contributed by atoms with van der Waals surface area (Å²) in [7, 11) is -0.581. The maximum atomic E-state index is 13.3. The first-order valence-electron chi connectivity index (χ1n) is 9.63. The Kier molecular flexibility index (Phi) is 6.74. The summed E-state index contributed by atoms with van der Waals surface area (Å²) in [5, 5.41) is 0. The Morgan fingerprint density at radius 3 is 2.23 bits per heavy atom. The molecule has 0 unspecified atom stereocenters. The van der Waals surface area contributed by atoms with Crippen LogP contribution < -0.4 is 4.74 Å². The van der Waals surface area contributed by atoms with E-state index in [1.165, 1.54) is 38.4 Å². The maximum Gasteiger partial charge on any atom is 0.416 e. The van der Waals surface area contributed by atoms with E-state index in [1.54, 1.807) is 18.2 Å². The van der Waals surface area contributed by atoms with Crippen molar-refractivity contribution < 1.29 is 26.3 Å². The predicted octanol–water partition coefficient (Wildman–Crippen LogP) is 4.00. The van der Waals surface area contributed by atoms with Crippen molar-refractivity contribution in [2.24, 2.45) is 0 Å². The summed E-state index contributed by atoms with van der Waals surface area (Å²) in [4.78, 5) is 2.18. The van der Waals surface area contributed by atoms with Crippen LogP contribution in [0.1, 0.15) is 24.0 Å². The minimum Gasteiger partial charge on any atom is -0.492 e. The van der Waals surface area contributed by atoms with E-state index in [1.807, 2.05) is 4.90 Å². The highest BCUT2D eigenvalue weighted by atomic mass is 32.2. The fourth-order valence-corrected chi connectivity index (χ4v) is 4.09. The summed E-state index contributed by atoms with van der Waals surface area (Å²) in [5.74, 6) is 0.513. The van der Waals surface area contributed by atoms with Crippen LogP contribution in [0, 0.1) is 0 Å². The largest absolute Gasteiger partial charge is 0.492 e. The summed E-state index contributed by atoms with van der Waals surface area (Å²) < 4.78 is 70.8. The number of hydrogen-bond acceptors (Lipinski definition) is 4. The number of sulfonamides is 1. The molecule has 0 amide bonds. The number of ether oxygens (including phenoxy) is 1. The molecule has 0 atom stereocenters. The van der Waals surface area contributed by atoms with Gasteiger partial charge in [0.1, 0.15) is 12.4 Å². The van der Waals surface area contributed by atoms with Crippen molar-refractivity contribution in [2.45, 2.75) is 36.5 Å². The third kappa shape index (κ3) is 5.53. The van der Waals surface area contributed by atoms with Crippen molar-refractivity contribution >= 4 is 10.0 Å². The quantitative estimate of drug-likeness (QED) is 0.589. The van der Waals surface area contributed by atoms with Crippen molar-refractivity contribution in [3.05, 3.63) is 59.7 Å². The second kappa shape index (κ2) is 8.95. The van der Waals surface area contributed by atoms with Gasteiger partial charge in [0, 0.05) is 33.2 Å². The molecular weight excluding hydrogens is 417 g/mol. The number of hydrogen-bond donors (Lipinski definition) is 0. The molecular formula is C21H25F3N2O3S. The molecule has 9 heteroatoms. The molecule has 0 aliphatic heterocycles. The third-order valence-electron chi connectivity index (χ3n) is 5.01. The summed E-state index contributed by atoms with van der Waals surface area (Å²) >= 11 is 0. The lowest BCUT2D eigenvalue weighted by Gasteiger charge is -2.24. The van der Waals surface area contributed by atoms with Crippen molar-refractivity contribution in [1.29, 1.82) is 0 Å². The van der Waals surface area contributed by atoms with E-state index in [4.69, 9.17) is 4.74 Å². The molecule has 0 N–H and O–H groups in total. The lowest BCUT2D eigenvalue weighted by atomic mass is 10.1. The molecule has 0 radical (unpaired) electrons. The molecule has 1 aliphatic rings. The van der Waals surface area contributed by atoms with Crippen LogP contribution in [0.15, 0.2) is 53.4 Å². The second-order valence-electron chi connectivity index (χ2n) is 7.46. The highest BCUT2D eigenvalue weighted by molar-refractivity contribution is 7.89. The molecule has 0 aromatic heterocycles. The molecule has 164 valence electrons. The van der Waals surface area contributed by atoms with Crippen LogP contribution in [-0.2, 0) is 22.7 Å². The highest BCUT2D eigenvalue weighted by Crippen LogP contribution is 2.34. The minimum absolute atomic E-state index is 0.170. The Bertz CT molecular complexity index is 956. The van der Waals surface area contributed by atoms with E-state index in [2.05, 4.69) is 0 Å². The molecule has 0 saturated heterocycles. The van der Waals surface area contributed by atoms with Crippen molar-refractivity contribution in [3.63, 3.8) is 0 Å². The molecule has 5 nitrogen and oxygen atoms in total. The van der Waals surface area contributed by atoms with Gasteiger partial charge in [0.2, 0.25) is 10.0 Å². The van der Waals surface area contributed by atoms with Gasteiger partial charge in [-0.15, -0.1) is 0 Å². The minimum atomic E-state index is -4.38. The Morgan fingerprint density at radius 2 is 1.67 bits per heavy atom. The van der Waals surface area contributed by atoms with Gasteiger partial charge in [-0.25, -0.2) is 12.7 Å². The Labute approximate surface area is 175 Å². The first-order valence-corrected chi connectivity index (χ1v) is 11.1. The van der Waals surface area contributed by atoms with E-state index >= 15 is 0 Å². The van der Waals surface area contributed by atoms with Gasteiger partial charge in [0.05, 0.1) is 10.5 Å². The van der Waals surface area contributed by atoms with E-state index in [9.17, 15) is 21.6 Å². The summed E-state index contributed by atoms with van der Waals surface area (Å²) in [6, 6.07) is 12.0. The zero-order valence-corrected chi connectivity index (χ0v) is 17.7. The fourth-order valence-electron chi connectivity index (χ4n) is 3.18. The van der Waals surface area contributed by atoms with E-state index in [-0.39, 0.29) is 23.0 Å². The molecule has 1 aliphatic carbocycles. The van der Waals surface area contributed by atoms with Crippen LogP contribution in [0.2, 0.25) is 0 Å². The molecule has 2 aromatic rings. The first kappa shape index (κ1) is 22.6. The number of rotatable bonds is 9.